The summed E-state index contributed by atoms with van der Waals surface area (Å²) in [5.74, 6) is 3.91. The molecule has 6 rings (SSSR count). The van der Waals surface area contributed by atoms with Crippen molar-refractivity contribution in [2.75, 3.05) is 7.11 Å². The van der Waals surface area contributed by atoms with Crippen LogP contribution in [0, 0.1) is 22.7 Å². The summed E-state index contributed by atoms with van der Waals surface area (Å²) in [7, 11) is 1.97. The molecule has 3 aliphatic carbocycles. The van der Waals surface area contributed by atoms with E-state index < -0.39 is 0 Å². The molecule has 6 atom stereocenters. The molecule has 4 bridgehead atoms. The van der Waals surface area contributed by atoms with Gasteiger partial charge in [0.25, 0.3) is 0 Å². The summed E-state index contributed by atoms with van der Waals surface area (Å²) in [5.41, 5.74) is 2.48. The van der Waals surface area contributed by atoms with Crippen molar-refractivity contribution in [3.63, 3.8) is 0 Å². The predicted molar refractivity (Wildman–Crippen MR) is 131 cm³/mol. The first-order chi connectivity index (χ1) is 14.8. The zero-order valence-corrected chi connectivity index (χ0v) is 21.0. The molecule has 0 N–H and O–H groups in total. The first-order valence-corrected chi connectivity index (χ1v) is 14.0. The summed E-state index contributed by atoms with van der Waals surface area (Å²) in [6.07, 6.45) is 7.26. The smallest absolute Gasteiger partial charge is 0.144 e. The molecule has 1 aromatic heterocycles. The average Bonchev–Trinajstić information content (AvgIpc) is 3.45. The van der Waals surface area contributed by atoms with Crippen molar-refractivity contribution >= 4 is 43.5 Å². The van der Waals surface area contributed by atoms with Gasteiger partial charge in [0.2, 0.25) is 0 Å². The van der Waals surface area contributed by atoms with E-state index in [1.807, 2.05) is 6.07 Å². The van der Waals surface area contributed by atoms with Crippen molar-refractivity contribution in [2.24, 2.45) is 22.7 Å². The molecule has 3 nitrogen and oxygen atoms in total. The number of nitrogens with zero attached hydrogens (tertiary/aromatic N) is 1. The fourth-order valence-corrected chi connectivity index (χ4v) is 12.5. The van der Waals surface area contributed by atoms with Crippen LogP contribution in [0.4, 0.5) is 0 Å². The number of pyridine rings is 1. The van der Waals surface area contributed by atoms with E-state index >= 15 is 0 Å². The minimum absolute atomic E-state index is 0.0711. The standard InChI is InChI=1S/C26H31BrNO2S/c1-25(2)17-8-9-26(25,22(29)12-17)24-15-4-6-19(10-15)31(24)14-16-11-23(27)28-21-7-5-18(30-3)13-20(16)21/h5,7,11,13,15,17,19,24H,4,6,8-10,12,14H2,1-3H3/q+1/t15-,17-,19+,24+,26+,31?/m0/s1. The Balaban J connectivity index is 1.44. The molecule has 0 amide bonds. The minimum atomic E-state index is -0.0711. The van der Waals surface area contributed by atoms with Crippen molar-refractivity contribution in [2.45, 2.75) is 68.6 Å². The maximum atomic E-state index is 13.6. The van der Waals surface area contributed by atoms with E-state index in [2.05, 4.69) is 48.0 Å². The number of hydrogen-bond acceptors (Lipinski definition) is 3. The topological polar surface area (TPSA) is 39.2 Å². The number of hydrogen-bond donors (Lipinski definition) is 0. The highest BCUT2D eigenvalue weighted by molar-refractivity contribution is 9.10. The van der Waals surface area contributed by atoms with Gasteiger partial charge in [-0.15, -0.1) is 0 Å². The van der Waals surface area contributed by atoms with Crippen molar-refractivity contribution in [1.29, 1.82) is 0 Å². The highest BCUT2D eigenvalue weighted by Gasteiger charge is 2.75. The van der Waals surface area contributed by atoms with Crippen molar-refractivity contribution in [3.05, 3.63) is 34.4 Å². The Morgan fingerprint density at radius 2 is 2.06 bits per heavy atom. The second-order valence-corrected chi connectivity index (χ2v) is 14.0. The van der Waals surface area contributed by atoms with Crippen molar-refractivity contribution < 1.29 is 9.53 Å². The molecule has 3 saturated carbocycles. The number of fused-ring (bicyclic) bond motifs is 5. The summed E-state index contributed by atoms with van der Waals surface area (Å²) >= 11 is 3.66. The number of Topliss-reactive ketones (excluding diaryl/α,β-unsaturated/α-hetero) is 1. The van der Waals surface area contributed by atoms with E-state index in [1.54, 1.807) is 7.11 Å². The molecule has 0 spiro atoms. The van der Waals surface area contributed by atoms with Gasteiger partial charge in [0.1, 0.15) is 32.4 Å². The number of methoxy groups -OCH3 is 1. The molecule has 31 heavy (non-hydrogen) atoms. The van der Waals surface area contributed by atoms with Crippen LogP contribution in [0.5, 0.6) is 5.75 Å². The van der Waals surface area contributed by atoms with E-state index in [1.165, 1.54) is 36.6 Å². The molecule has 4 fully saturated rings. The maximum absolute atomic E-state index is 13.6. The molecule has 5 heteroatoms. The average molecular weight is 502 g/mol. The number of halogens is 1. The highest BCUT2D eigenvalue weighted by atomic mass is 79.9. The number of ether oxygens (including phenoxy) is 1. The van der Waals surface area contributed by atoms with Gasteiger partial charge in [-0.1, -0.05) is 13.8 Å². The van der Waals surface area contributed by atoms with Crippen molar-refractivity contribution in [1.82, 2.24) is 4.98 Å². The zero-order chi connectivity index (χ0) is 21.5. The lowest BCUT2D eigenvalue weighted by atomic mass is 9.64. The molecule has 2 heterocycles. The van der Waals surface area contributed by atoms with E-state index in [9.17, 15) is 4.79 Å². The molecule has 1 aliphatic heterocycles. The summed E-state index contributed by atoms with van der Waals surface area (Å²) in [4.78, 5) is 18.3. The lowest BCUT2D eigenvalue weighted by Gasteiger charge is -2.43. The van der Waals surface area contributed by atoms with Crippen LogP contribution < -0.4 is 4.74 Å². The number of carbonyl (C=O) groups excluding carboxylic acids is 1. The second-order valence-electron chi connectivity index (χ2n) is 10.8. The van der Waals surface area contributed by atoms with Gasteiger partial charge in [0, 0.05) is 29.7 Å². The Kier molecular flexibility index (Phi) is 4.61. The molecule has 1 aromatic carbocycles. The Labute approximate surface area is 196 Å². The summed E-state index contributed by atoms with van der Waals surface area (Å²) < 4.78 is 6.43. The molecule has 4 aliphatic rings. The van der Waals surface area contributed by atoms with E-state index in [0.717, 1.165) is 45.6 Å². The summed E-state index contributed by atoms with van der Waals surface area (Å²) in [6, 6.07) is 8.42. The van der Waals surface area contributed by atoms with E-state index in [-0.39, 0.29) is 21.7 Å². The third-order valence-corrected chi connectivity index (χ3v) is 13.2. The largest absolute Gasteiger partial charge is 0.497 e. The third kappa shape index (κ3) is 2.71. The van der Waals surface area contributed by atoms with Crippen LogP contribution in [0.2, 0.25) is 0 Å². The van der Waals surface area contributed by atoms with Gasteiger partial charge in [-0.2, -0.15) is 0 Å². The molecule has 164 valence electrons. The fraction of sp³-hybridized carbons (Fsp3) is 0.615. The summed E-state index contributed by atoms with van der Waals surface area (Å²) in [5, 5.41) is 2.57. The number of benzene rings is 1. The van der Waals surface area contributed by atoms with Crippen LogP contribution >= 0.6 is 15.9 Å². The Hall–Kier alpha value is -1.07. The van der Waals surface area contributed by atoms with Crippen LogP contribution in [0.25, 0.3) is 10.9 Å². The van der Waals surface area contributed by atoms with E-state index in [0.29, 0.717) is 17.0 Å². The van der Waals surface area contributed by atoms with E-state index in [4.69, 9.17) is 9.72 Å². The first kappa shape index (κ1) is 20.5. The van der Waals surface area contributed by atoms with Gasteiger partial charge in [0.05, 0.1) is 18.0 Å². The quantitative estimate of drug-likeness (QED) is 0.377. The normalized spacial score (nSPS) is 37.8. The minimum Gasteiger partial charge on any atom is -0.497 e. The van der Waals surface area contributed by atoms with Crippen LogP contribution in [-0.4, -0.2) is 28.4 Å². The third-order valence-electron chi connectivity index (χ3n) is 9.47. The predicted octanol–water partition coefficient (Wildman–Crippen LogP) is 6.07. The lowest BCUT2D eigenvalue weighted by Crippen LogP contribution is -2.53. The second kappa shape index (κ2) is 6.96. The summed E-state index contributed by atoms with van der Waals surface area (Å²) in [6.45, 7) is 4.85. The molecule has 1 unspecified atom stereocenters. The highest BCUT2D eigenvalue weighted by Crippen LogP contribution is 2.70. The Morgan fingerprint density at radius 1 is 1.23 bits per heavy atom. The van der Waals surface area contributed by atoms with Gasteiger partial charge in [-0.3, -0.25) is 4.79 Å². The monoisotopic (exact) mass is 500 g/mol. The molecule has 0 radical (unpaired) electrons. The van der Waals surface area contributed by atoms with Gasteiger partial charge < -0.3 is 4.74 Å². The van der Waals surface area contributed by atoms with Gasteiger partial charge in [0.15, 0.2) is 0 Å². The molecule has 2 aromatic rings. The van der Waals surface area contributed by atoms with Gasteiger partial charge >= 0.3 is 0 Å². The SMILES string of the molecule is COc1ccc2nc(Br)cc(C[S+]3[C@@H]4CC[C@@H](C4)[C@@H]3[C@@]34CC[C@@H](CC3=O)C4(C)C)c2c1. The Bertz CT molecular complexity index is 1080. The number of ketones is 1. The number of carbonyl (C=O) groups is 1. The number of rotatable bonds is 4. The molecule has 1 saturated heterocycles. The number of aromatic nitrogens is 1. The van der Waals surface area contributed by atoms with Gasteiger partial charge in [-0.25, -0.2) is 4.98 Å². The van der Waals surface area contributed by atoms with Crippen LogP contribution in [0.15, 0.2) is 28.9 Å². The fourth-order valence-electron chi connectivity index (χ4n) is 7.89. The van der Waals surface area contributed by atoms with Gasteiger partial charge in [-0.05, 0) is 88.1 Å². The lowest BCUT2D eigenvalue weighted by molar-refractivity contribution is -0.130. The first-order valence-electron chi connectivity index (χ1n) is 11.7. The van der Waals surface area contributed by atoms with Crippen LogP contribution in [0.3, 0.4) is 0 Å². The maximum Gasteiger partial charge on any atom is 0.144 e. The van der Waals surface area contributed by atoms with Crippen LogP contribution in [0.1, 0.15) is 57.9 Å². The zero-order valence-electron chi connectivity index (χ0n) is 18.6. The Morgan fingerprint density at radius 3 is 2.77 bits per heavy atom. The molecular weight excluding hydrogens is 470 g/mol. The van der Waals surface area contributed by atoms with Crippen LogP contribution in [-0.2, 0) is 21.4 Å². The molecular formula is C26H31BrNO2S+. The van der Waals surface area contributed by atoms with Crippen molar-refractivity contribution in [3.8, 4) is 5.75 Å².